The zero-order chi connectivity index (χ0) is 14.0. The number of hydrogen-bond acceptors (Lipinski definition) is 4. The summed E-state index contributed by atoms with van der Waals surface area (Å²) >= 11 is 0. The predicted molar refractivity (Wildman–Crippen MR) is 73.1 cm³/mol. The number of hydrogen-bond donors (Lipinski definition) is 1. The van der Waals surface area contributed by atoms with Gasteiger partial charge in [-0.2, -0.15) is 5.10 Å². The second kappa shape index (κ2) is 5.03. The zero-order valence-corrected chi connectivity index (χ0v) is 11.4. The molecule has 0 spiro atoms. The summed E-state index contributed by atoms with van der Waals surface area (Å²) in [7, 11) is 0. The second-order valence-electron chi connectivity index (χ2n) is 5.49. The van der Waals surface area contributed by atoms with Gasteiger partial charge in [0.1, 0.15) is 6.33 Å². The van der Waals surface area contributed by atoms with Crippen molar-refractivity contribution in [2.24, 2.45) is 0 Å². The van der Waals surface area contributed by atoms with Crippen LogP contribution in [0.3, 0.4) is 0 Å². The molecule has 0 radical (unpaired) electrons. The van der Waals surface area contributed by atoms with Gasteiger partial charge in [-0.15, -0.1) is 0 Å². The first-order chi connectivity index (χ1) is 9.69. The van der Waals surface area contributed by atoms with Crippen molar-refractivity contribution in [1.29, 1.82) is 0 Å². The normalized spacial score (nSPS) is 22.8. The maximum Gasteiger partial charge on any atom is 0.257 e. The summed E-state index contributed by atoms with van der Waals surface area (Å²) in [5.74, 6) is -0.00367. The Hall–Kier alpha value is -2.24. The highest BCUT2D eigenvalue weighted by Gasteiger charge is 2.35. The average molecular weight is 271 g/mol. The Balaban J connectivity index is 1.81. The minimum Gasteiger partial charge on any atom is -0.338 e. The van der Waals surface area contributed by atoms with Crippen LogP contribution < -0.4 is 0 Å². The van der Waals surface area contributed by atoms with Gasteiger partial charge in [0.2, 0.25) is 0 Å². The third-order valence-electron chi connectivity index (χ3n) is 3.94. The molecule has 0 aromatic carbocycles. The van der Waals surface area contributed by atoms with E-state index in [0.29, 0.717) is 12.1 Å². The van der Waals surface area contributed by atoms with Crippen LogP contribution in [0.5, 0.6) is 0 Å². The van der Waals surface area contributed by atoms with E-state index in [1.807, 2.05) is 11.0 Å². The molecule has 0 saturated carbocycles. The molecule has 20 heavy (non-hydrogen) atoms. The molecule has 1 N–H and O–H groups in total. The topological polar surface area (TPSA) is 74.8 Å². The quantitative estimate of drug-likeness (QED) is 0.895. The predicted octanol–water partition coefficient (Wildman–Crippen LogP) is 1.39. The fraction of sp³-hybridized carbons (Fsp3) is 0.429. The van der Waals surface area contributed by atoms with Gasteiger partial charge in [0.25, 0.3) is 5.91 Å². The largest absolute Gasteiger partial charge is 0.338 e. The van der Waals surface area contributed by atoms with Crippen LogP contribution in [0.1, 0.15) is 35.8 Å². The molecule has 1 aliphatic rings. The van der Waals surface area contributed by atoms with Crippen molar-refractivity contribution in [2.75, 3.05) is 13.1 Å². The summed E-state index contributed by atoms with van der Waals surface area (Å²) in [4.78, 5) is 22.2. The number of H-pyrrole nitrogens is 1. The zero-order valence-electron chi connectivity index (χ0n) is 11.4. The van der Waals surface area contributed by atoms with Crippen molar-refractivity contribution < 1.29 is 4.79 Å². The van der Waals surface area contributed by atoms with Crippen LogP contribution in [0.4, 0.5) is 0 Å². The highest BCUT2D eigenvalue weighted by Crippen LogP contribution is 2.32. The molecule has 1 saturated heterocycles. The minimum absolute atomic E-state index is 0.00367. The first-order valence-corrected chi connectivity index (χ1v) is 6.73. The first kappa shape index (κ1) is 12.8. The van der Waals surface area contributed by atoms with Crippen LogP contribution in [0.2, 0.25) is 0 Å². The maximum atomic E-state index is 12.5. The maximum absolute atomic E-state index is 12.5. The van der Waals surface area contributed by atoms with Gasteiger partial charge in [-0.05, 0) is 18.9 Å². The van der Waals surface area contributed by atoms with E-state index in [2.05, 4.69) is 27.1 Å². The van der Waals surface area contributed by atoms with Crippen LogP contribution in [0.25, 0.3) is 0 Å². The van der Waals surface area contributed by atoms with Crippen molar-refractivity contribution in [1.82, 2.24) is 25.1 Å². The molecule has 104 valence electrons. The van der Waals surface area contributed by atoms with Crippen molar-refractivity contribution >= 4 is 5.91 Å². The Kier molecular flexibility index (Phi) is 3.22. The Morgan fingerprint density at radius 1 is 1.40 bits per heavy atom. The number of rotatable bonds is 2. The summed E-state index contributed by atoms with van der Waals surface area (Å²) in [5, 5.41) is 7.06. The number of piperidine rings is 1. The third-order valence-corrected chi connectivity index (χ3v) is 3.94. The molecule has 6 heteroatoms. The molecule has 2 aromatic heterocycles. The monoisotopic (exact) mass is 271 g/mol. The summed E-state index contributed by atoms with van der Waals surface area (Å²) in [6.07, 6.45) is 8.35. The average Bonchev–Trinajstić information content (AvgIpc) is 3.02. The minimum atomic E-state index is -0.0694. The number of aromatic amines is 1. The van der Waals surface area contributed by atoms with Crippen molar-refractivity contribution in [2.45, 2.75) is 25.2 Å². The fourth-order valence-electron chi connectivity index (χ4n) is 2.82. The smallest absolute Gasteiger partial charge is 0.257 e. The number of aromatic nitrogens is 4. The second-order valence-corrected chi connectivity index (χ2v) is 5.49. The molecule has 1 unspecified atom stereocenters. The molecule has 3 rings (SSSR count). The van der Waals surface area contributed by atoms with Gasteiger partial charge in [-0.3, -0.25) is 9.89 Å². The van der Waals surface area contributed by atoms with Gasteiger partial charge >= 0.3 is 0 Å². The Morgan fingerprint density at radius 3 is 2.90 bits per heavy atom. The van der Waals surface area contributed by atoms with E-state index in [9.17, 15) is 4.79 Å². The lowest BCUT2D eigenvalue weighted by atomic mass is 9.79. The van der Waals surface area contributed by atoms with Gasteiger partial charge in [-0.1, -0.05) is 6.92 Å². The molecule has 0 aliphatic carbocycles. The molecule has 0 bridgehead atoms. The first-order valence-electron chi connectivity index (χ1n) is 6.73. The number of nitrogens with zero attached hydrogens (tertiary/aromatic N) is 4. The lowest BCUT2D eigenvalue weighted by Gasteiger charge is -2.39. The highest BCUT2D eigenvalue weighted by molar-refractivity contribution is 5.93. The molecule has 6 nitrogen and oxygen atoms in total. The van der Waals surface area contributed by atoms with Crippen LogP contribution >= 0.6 is 0 Å². The van der Waals surface area contributed by atoms with E-state index < -0.39 is 0 Å². The SMILES string of the molecule is CC1(c2ccn[nH]2)CCCN(C(=O)c2cncnc2)C1. The van der Waals surface area contributed by atoms with E-state index in [1.54, 1.807) is 18.6 Å². The Morgan fingerprint density at radius 2 is 2.20 bits per heavy atom. The van der Waals surface area contributed by atoms with E-state index in [1.165, 1.54) is 6.33 Å². The molecule has 1 atom stereocenters. The van der Waals surface area contributed by atoms with Crippen LogP contribution in [0, 0.1) is 0 Å². The lowest BCUT2D eigenvalue weighted by Crippen LogP contribution is -2.47. The van der Waals surface area contributed by atoms with Gasteiger partial charge in [0, 0.05) is 42.8 Å². The summed E-state index contributed by atoms with van der Waals surface area (Å²) in [6, 6.07) is 1.99. The standard InChI is InChI=1S/C14H17N5O/c1-14(12-3-5-17-18-12)4-2-6-19(9-14)13(20)11-7-15-10-16-8-11/h3,5,7-8,10H,2,4,6,9H2,1H3,(H,17,18). The number of carbonyl (C=O) groups is 1. The Labute approximate surface area is 117 Å². The van der Waals surface area contributed by atoms with Crippen molar-refractivity contribution in [3.8, 4) is 0 Å². The summed E-state index contributed by atoms with van der Waals surface area (Å²) in [6.45, 7) is 3.63. The molecule has 1 aliphatic heterocycles. The van der Waals surface area contributed by atoms with E-state index in [-0.39, 0.29) is 11.3 Å². The Bertz CT molecular complexity index is 583. The van der Waals surface area contributed by atoms with Crippen LogP contribution in [-0.2, 0) is 5.41 Å². The lowest BCUT2D eigenvalue weighted by molar-refractivity contribution is 0.0647. The molecule has 1 amide bonds. The summed E-state index contributed by atoms with van der Waals surface area (Å²) < 4.78 is 0. The number of amides is 1. The molecule has 2 aromatic rings. The number of carbonyl (C=O) groups excluding carboxylic acids is 1. The van der Waals surface area contributed by atoms with Gasteiger partial charge in [0.05, 0.1) is 5.56 Å². The third kappa shape index (κ3) is 2.29. The van der Waals surface area contributed by atoms with Crippen molar-refractivity contribution in [3.63, 3.8) is 0 Å². The molecular formula is C14H17N5O. The van der Waals surface area contributed by atoms with E-state index in [0.717, 1.165) is 25.1 Å². The molecule has 3 heterocycles. The van der Waals surface area contributed by atoms with Crippen LogP contribution in [-0.4, -0.2) is 44.1 Å². The van der Waals surface area contributed by atoms with Gasteiger partial charge in [-0.25, -0.2) is 9.97 Å². The van der Waals surface area contributed by atoms with Gasteiger partial charge < -0.3 is 4.90 Å². The van der Waals surface area contributed by atoms with E-state index in [4.69, 9.17) is 0 Å². The van der Waals surface area contributed by atoms with Crippen molar-refractivity contribution in [3.05, 3.63) is 42.2 Å². The van der Waals surface area contributed by atoms with Gasteiger partial charge in [0.15, 0.2) is 0 Å². The fourth-order valence-corrected chi connectivity index (χ4v) is 2.82. The molecular weight excluding hydrogens is 254 g/mol. The number of nitrogens with one attached hydrogen (secondary N) is 1. The van der Waals surface area contributed by atoms with Crippen LogP contribution in [0.15, 0.2) is 31.0 Å². The number of likely N-dealkylation sites (tertiary alicyclic amines) is 1. The highest BCUT2D eigenvalue weighted by atomic mass is 16.2. The summed E-state index contributed by atoms with van der Waals surface area (Å²) in [5.41, 5.74) is 1.56. The molecule has 1 fully saturated rings. The van der Waals surface area contributed by atoms with E-state index >= 15 is 0 Å².